The van der Waals surface area contributed by atoms with Crippen molar-refractivity contribution >= 4 is 0 Å². The summed E-state index contributed by atoms with van der Waals surface area (Å²) in [5.74, 6) is 0. The number of fused-ring (bicyclic) bond motifs is 1. The van der Waals surface area contributed by atoms with Gasteiger partial charge in [-0.05, 0) is 30.5 Å². The number of unbranched alkanes of at least 4 members (excludes halogenated alkanes) is 1. The van der Waals surface area contributed by atoms with Crippen molar-refractivity contribution in [2.24, 2.45) is 0 Å². The molecule has 1 unspecified atom stereocenters. The highest BCUT2D eigenvalue weighted by Gasteiger charge is 2.16. The third-order valence-electron chi connectivity index (χ3n) is 3.26. The van der Waals surface area contributed by atoms with E-state index in [9.17, 15) is 0 Å². The minimum Gasteiger partial charge on any atom is -0.315 e. The van der Waals surface area contributed by atoms with Crippen molar-refractivity contribution in [3.8, 4) is 0 Å². The lowest BCUT2D eigenvalue weighted by molar-refractivity contribution is 0.445. The van der Waals surface area contributed by atoms with Crippen molar-refractivity contribution in [1.82, 2.24) is 10.6 Å². The molecule has 0 saturated carbocycles. The van der Waals surface area contributed by atoms with Gasteiger partial charge in [0, 0.05) is 19.1 Å². The van der Waals surface area contributed by atoms with Gasteiger partial charge < -0.3 is 10.6 Å². The monoisotopic (exact) mass is 218 g/mol. The summed E-state index contributed by atoms with van der Waals surface area (Å²) in [5.41, 5.74) is 2.98. The molecule has 1 heterocycles. The van der Waals surface area contributed by atoms with Crippen LogP contribution in [-0.2, 0) is 13.0 Å². The number of hydrogen-bond acceptors (Lipinski definition) is 2. The van der Waals surface area contributed by atoms with Crippen LogP contribution in [0.3, 0.4) is 0 Å². The van der Waals surface area contributed by atoms with Crippen LogP contribution in [0, 0.1) is 0 Å². The predicted octanol–water partition coefficient (Wildman–Crippen LogP) is 2.09. The van der Waals surface area contributed by atoms with Gasteiger partial charge in [-0.2, -0.15) is 0 Å². The molecule has 1 aliphatic rings. The molecule has 2 rings (SSSR count). The van der Waals surface area contributed by atoms with Gasteiger partial charge in [-0.15, -0.1) is 0 Å². The summed E-state index contributed by atoms with van der Waals surface area (Å²) in [5, 5.41) is 7.11. The lowest BCUT2D eigenvalue weighted by atomic mass is 9.96. The van der Waals surface area contributed by atoms with Crippen LogP contribution in [0.5, 0.6) is 0 Å². The minimum atomic E-state index is 0.603. The standard InChI is InChI=1S/C14H22N2/c1-2-3-8-15-11-14-9-12-6-4-5-7-13(12)10-16-14/h4-7,14-16H,2-3,8-11H2,1H3. The zero-order valence-electron chi connectivity index (χ0n) is 10.1. The topological polar surface area (TPSA) is 24.1 Å². The molecule has 88 valence electrons. The van der Waals surface area contributed by atoms with Gasteiger partial charge in [-0.3, -0.25) is 0 Å². The molecule has 2 nitrogen and oxygen atoms in total. The summed E-state index contributed by atoms with van der Waals surface area (Å²) in [6, 6.07) is 9.36. The summed E-state index contributed by atoms with van der Waals surface area (Å²) in [6.07, 6.45) is 3.71. The van der Waals surface area contributed by atoms with Gasteiger partial charge in [0.1, 0.15) is 0 Å². The van der Waals surface area contributed by atoms with Gasteiger partial charge in [0.25, 0.3) is 0 Å². The molecule has 1 atom stereocenters. The second-order valence-corrected chi connectivity index (χ2v) is 4.61. The summed E-state index contributed by atoms with van der Waals surface area (Å²) >= 11 is 0. The van der Waals surface area contributed by atoms with Crippen molar-refractivity contribution in [3.63, 3.8) is 0 Å². The normalized spacial score (nSPS) is 19.4. The highest BCUT2D eigenvalue weighted by molar-refractivity contribution is 5.29. The first-order valence-corrected chi connectivity index (χ1v) is 6.41. The smallest absolute Gasteiger partial charge is 0.0236 e. The molecule has 2 heteroatoms. The SMILES string of the molecule is CCCCNCC1Cc2ccccc2CN1. The first kappa shape index (κ1) is 11.6. The van der Waals surface area contributed by atoms with Crippen LogP contribution in [0.1, 0.15) is 30.9 Å². The van der Waals surface area contributed by atoms with E-state index in [0.717, 1.165) is 26.1 Å². The first-order chi connectivity index (χ1) is 7.90. The van der Waals surface area contributed by atoms with Gasteiger partial charge in [0.15, 0.2) is 0 Å². The van der Waals surface area contributed by atoms with Gasteiger partial charge in [0.05, 0.1) is 0 Å². The van der Waals surface area contributed by atoms with Crippen LogP contribution < -0.4 is 10.6 Å². The molecule has 0 fully saturated rings. The molecule has 1 aliphatic heterocycles. The fraction of sp³-hybridized carbons (Fsp3) is 0.571. The molecule has 0 saturated heterocycles. The summed E-state index contributed by atoms with van der Waals surface area (Å²) < 4.78 is 0. The number of hydrogen-bond donors (Lipinski definition) is 2. The van der Waals surface area contributed by atoms with E-state index in [-0.39, 0.29) is 0 Å². The zero-order valence-corrected chi connectivity index (χ0v) is 10.1. The second kappa shape index (κ2) is 6.02. The fourth-order valence-electron chi connectivity index (χ4n) is 2.24. The Balaban J connectivity index is 1.79. The Hall–Kier alpha value is -0.860. The molecular weight excluding hydrogens is 196 g/mol. The third-order valence-corrected chi connectivity index (χ3v) is 3.26. The molecule has 0 bridgehead atoms. The lowest BCUT2D eigenvalue weighted by Crippen LogP contribution is -2.43. The quantitative estimate of drug-likeness (QED) is 0.740. The van der Waals surface area contributed by atoms with Crippen molar-refractivity contribution in [2.45, 2.75) is 38.8 Å². The van der Waals surface area contributed by atoms with E-state index < -0.39 is 0 Å². The fourth-order valence-corrected chi connectivity index (χ4v) is 2.24. The number of nitrogens with one attached hydrogen (secondary N) is 2. The molecule has 1 aromatic carbocycles. The Labute approximate surface area is 98.4 Å². The van der Waals surface area contributed by atoms with E-state index >= 15 is 0 Å². The maximum atomic E-state index is 3.59. The minimum absolute atomic E-state index is 0.603. The van der Waals surface area contributed by atoms with Gasteiger partial charge >= 0.3 is 0 Å². The van der Waals surface area contributed by atoms with E-state index in [1.165, 1.54) is 24.0 Å². The van der Waals surface area contributed by atoms with Crippen LogP contribution in [0.4, 0.5) is 0 Å². The summed E-state index contributed by atoms with van der Waals surface area (Å²) in [7, 11) is 0. The average Bonchev–Trinajstić information content (AvgIpc) is 2.34. The number of rotatable bonds is 5. The molecule has 16 heavy (non-hydrogen) atoms. The highest BCUT2D eigenvalue weighted by atomic mass is 15.0. The maximum absolute atomic E-state index is 3.59. The highest BCUT2D eigenvalue weighted by Crippen LogP contribution is 2.15. The van der Waals surface area contributed by atoms with E-state index in [1.54, 1.807) is 0 Å². The van der Waals surface area contributed by atoms with Crippen LogP contribution in [0.15, 0.2) is 24.3 Å². The van der Waals surface area contributed by atoms with Gasteiger partial charge in [-0.25, -0.2) is 0 Å². The summed E-state index contributed by atoms with van der Waals surface area (Å²) in [4.78, 5) is 0. The average molecular weight is 218 g/mol. The van der Waals surface area contributed by atoms with Gasteiger partial charge in [-0.1, -0.05) is 37.6 Å². The Morgan fingerprint density at radius 2 is 2.12 bits per heavy atom. The van der Waals surface area contributed by atoms with E-state index in [0.29, 0.717) is 6.04 Å². The van der Waals surface area contributed by atoms with Crippen LogP contribution in [-0.4, -0.2) is 19.1 Å². The van der Waals surface area contributed by atoms with Crippen LogP contribution in [0.25, 0.3) is 0 Å². The molecule has 0 radical (unpaired) electrons. The van der Waals surface area contributed by atoms with E-state index in [4.69, 9.17) is 0 Å². The van der Waals surface area contributed by atoms with E-state index in [2.05, 4.69) is 41.8 Å². The molecular formula is C14H22N2. The zero-order chi connectivity index (χ0) is 11.2. The summed E-state index contributed by atoms with van der Waals surface area (Å²) in [6.45, 7) is 5.50. The molecule has 0 aliphatic carbocycles. The third kappa shape index (κ3) is 3.06. The first-order valence-electron chi connectivity index (χ1n) is 6.41. The molecule has 2 N–H and O–H groups in total. The Morgan fingerprint density at radius 1 is 1.31 bits per heavy atom. The van der Waals surface area contributed by atoms with E-state index in [1.807, 2.05) is 0 Å². The Kier molecular flexibility index (Phi) is 4.37. The molecule has 1 aromatic rings. The maximum Gasteiger partial charge on any atom is 0.0236 e. The largest absolute Gasteiger partial charge is 0.315 e. The second-order valence-electron chi connectivity index (χ2n) is 4.61. The Bertz CT molecular complexity index is 322. The van der Waals surface area contributed by atoms with Crippen molar-refractivity contribution < 1.29 is 0 Å². The lowest BCUT2D eigenvalue weighted by Gasteiger charge is -2.26. The van der Waals surface area contributed by atoms with Gasteiger partial charge in [0.2, 0.25) is 0 Å². The molecule has 0 spiro atoms. The molecule has 0 aromatic heterocycles. The van der Waals surface area contributed by atoms with Crippen molar-refractivity contribution in [2.75, 3.05) is 13.1 Å². The molecule has 0 amide bonds. The predicted molar refractivity (Wildman–Crippen MR) is 68.6 cm³/mol. The van der Waals surface area contributed by atoms with Crippen molar-refractivity contribution in [1.29, 1.82) is 0 Å². The van der Waals surface area contributed by atoms with Crippen LogP contribution in [0.2, 0.25) is 0 Å². The number of benzene rings is 1. The Morgan fingerprint density at radius 3 is 2.94 bits per heavy atom. The van der Waals surface area contributed by atoms with Crippen molar-refractivity contribution in [3.05, 3.63) is 35.4 Å². The van der Waals surface area contributed by atoms with Crippen LogP contribution >= 0.6 is 0 Å².